The Balaban J connectivity index is 2.38. The Morgan fingerprint density at radius 3 is 2.48 bits per heavy atom. The van der Waals surface area contributed by atoms with Gasteiger partial charge >= 0.3 is 0 Å². The Morgan fingerprint density at radius 2 is 1.86 bits per heavy atom. The van der Waals surface area contributed by atoms with E-state index in [2.05, 4.69) is 13.8 Å². The maximum Gasteiger partial charge on any atom is 0.150 e. The summed E-state index contributed by atoms with van der Waals surface area (Å²) in [5.74, 6) is 1.17. The van der Waals surface area contributed by atoms with Crippen LogP contribution in [-0.2, 0) is 0 Å². The zero-order valence-electron chi connectivity index (χ0n) is 12.5. The number of hydrogen-bond donors (Lipinski definition) is 0. The lowest BCUT2D eigenvalue weighted by molar-refractivity contribution is 0.112. The largest absolute Gasteiger partial charge is 0.493 e. The van der Waals surface area contributed by atoms with Gasteiger partial charge in [-0.3, -0.25) is 4.79 Å². The maximum absolute atomic E-state index is 11.4. The molecular weight excluding hydrogens is 284 g/mol. The molecule has 0 aliphatic rings. The first kappa shape index (κ1) is 15.6. The SMILES string of the molecule is Cc1cc(Cl)ccc1-c1ccc(OCC(C)C)cc1C=O. The van der Waals surface area contributed by atoms with Crippen molar-refractivity contribution in [3.05, 3.63) is 52.5 Å². The summed E-state index contributed by atoms with van der Waals surface area (Å²) in [6.45, 7) is 6.80. The highest BCUT2D eigenvalue weighted by Crippen LogP contribution is 2.30. The second kappa shape index (κ2) is 6.77. The Bertz CT molecular complexity index is 648. The lowest BCUT2D eigenvalue weighted by Gasteiger charge is -2.13. The summed E-state index contributed by atoms with van der Waals surface area (Å²) in [5, 5.41) is 0.695. The third-order valence-electron chi connectivity index (χ3n) is 3.21. The van der Waals surface area contributed by atoms with Crippen LogP contribution >= 0.6 is 11.6 Å². The number of ether oxygens (including phenoxy) is 1. The van der Waals surface area contributed by atoms with Gasteiger partial charge in [0.05, 0.1) is 6.61 Å². The predicted octanol–water partition coefficient (Wildman–Crippen LogP) is 5.16. The van der Waals surface area contributed by atoms with Gasteiger partial charge < -0.3 is 4.74 Å². The molecule has 2 aromatic carbocycles. The number of aryl methyl sites for hydroxylation is 1. The summed E-state index contributed by atoms with van der Waals surface area (Å²) in [7, 11) is 0. The molecule has 0 bridgehead atoms. The van der Waals surface area contributed by atoms with Crippen molar-refractivity contribution in [3.8, 4) is 16.9 Å². The number of hydrogen-bond acceptors (Lipinski definition) is 2. The second-order valence-corrected chi connectivity index (χ2v) is 5.97. The topological polar surface area (TPSA) is 26.3 Å². The van der Waals surface area contributed by atoms with Crippen molar-refractivity contribution in [2.75, 3.05) is 6.61 Å². The van der Waals surface area contributed by atoms with Crippen molar-refractivity contribution >= 4 is 17.9 Å². The third kappa shape index (κ3) is 3.85. The molecule has 0 atom stereocenters. The van der Waals surface area contributed by atoms with Crippen LogP contribution < -0.4 is 4.74 Å². The molecule has 0 spiro atoms. The summed E-state index contributed by atoms with van der Waals surface area (Å²) in [6, 6.07) is 11.3. The van der Waals surface area contributed by atoms with Gasteiger partial charge in [-0.1, -0.05) is 31.5 Å². The second-order valence-electron chi connectivity index (χ2n) is 5.53. The molecule has 0 aliphatic carbocycles. The number of rotatable bonds is 5. The lowest BCUT2D eigenvalue weighted by Crippen LogP contribution is -2.05. The number of carbonyl (C=O) groups is 1. The summed E-state index contributed by atoms with van der Waals surface area (Å²) in [6.07, 6.45) is 0.867. The van der Waals surface area contributed by atoms with E-state index in [-0.39, 0.29) is 0 Å². The molecule has 0 saturated heterocycles. The van der Waals surface area contributed by atoms with E-state index in [4.69, 9.17) is 16.3 Å². The molecule has 3 heteroatoms. The Hall–Kier alpha value is -1.80. The van der Waals surface area contributed by atoms with E-state index in [1.807, 2.05) is 37.3 Å². The van der Waals surface area contributed by atoms with E-state index in [0.717, 1.165) is 28.7 Å². The molecule has 0 heterocycles. The van der Waals surface area contributed by atoms with Crippen LogP contribution in [0.1, 0.15) is 29.8 Å². The molecule has 0 N–H and O–H groups in total. The molecule has 2 nitrogen and oxygen atoms in total. The zero-order chi connectivity index (χ0) is 15.4. The minimum Gasteiger partial charge on any atom is -0.493 e. The minimum atomic E-state index is 0.447. The summed E-state index contributed by atoms with van der Waals surface area (Å²) in [5.41, 5.74) is 3.58. The monoisotopic (exact) mass is 302 g/mol. The molecule has 0 fully saturated rings. The van der Waals surface area contributed by atoms with Gasteiger partial charge in [0.15, 0.2) is 6.29 Å². The van der Waals surface area contributed by atoms with Crippen LogP contribution in [0.25, 0.3) is 11.1 Å². The van der Waals surface area contributed by atoms with Gasteiger partial charge in [0, 0.05) is 10.6 Å². The Kier molecular flexibility index (Phi) is 5.03. The molecule has 0 aliphatic heterocycles. The first-order chi connectivity index (χ1) is 10.0. The van der Waals surface area contributed by atoms with Crippen molar-refractivity contribution < 1.29 is 9.53 Å². The first-order valence-electron chi connectivity index (χ1n) is 7.00. The summed E-state index contributed by atoms with van der Waals surface area (Å²) in [4.78, 5) is 11.4. The normalized spacial score (nSPS) is 10.7. The molecule has 0 radical (unpaired) electrons. The number of carbonyl (C=O) groups excluding carboxylic acids is 1. The highest BCUT2D eigenvalue weighted by molar-refractivity contribution is 6.30. The van der Waals surface area contributed by atoms with Crippen molar-refractivity contribution in [2.45, 2.75) is 20.8 Å². The van der Waals surface area contributed by atoms with Gasteiger partial charge in [-0.2, -0.15) is 0 Å². The highest BCUT2D eigenvalue weighted by atomic mass is 35.5. The van der Waals surface area contributed by atoms with Gasteiger partial charge in [0.2, 0.25) is 0 Å². The fraction of sp³-hybridized carbons (Fsp3) is 0.278. The molecule has 0 amide bonds. The molecule has 110 valence electrons. The van der Waals surface area contributed by atoms with Gasteiger partial charge in [-0.05, 0) is 59.9 Å². The predicted molar refractivity (Wildman–Crippen MR) is 87.3 cm³/mol. The number of halogens is 1. The van der Waals surface area contributed by atoms with Gasteiger partial charge in [0.1, 0.15) is 5.75 Å². The zero-order valence-corrected chi connectivity index (χ0v) is 13.3. The quantitative estimate of drug-likeness (QED) is 0.713. The first-order valence-corrected chi connectivity index (χ1v) is 7.37. The number of aldehydes is 1. The third-order valence-corrected chi connectivity index (χ3v) is 3.45. The molecular formula is C18H19ClO2. The lowest BCUT2D eigenvalue weighted by atomic mass is 9.96. The molecule has 2 aromatic rings. The van der Waals surface area contributed by atoms with E-state index in [9.17, 15) is 4.79 Å². The highest BCUT2D eigenvalue weighted by Gasteiger charge is 2.09. The fourth-order valence-electron chi connectivity index (χ4n) is 2.17. The number of benzene rings is 2. The average molecular weight is 303 g/mol. The van der Waals surface area contributed by atoms with Crippen LogP contribution in [0.3, 0.4) is 0 Å². The fourth-order valence-corrected chi connectivity index (χ4v) is 2.39. The van der Waals surface area contributed by atoms with E-state index in [1.165, 1.54) is 0 Å². The van der Waals surface area contributed by atoms with E-state index >= 15 is 0 Å². The van der Waals surface area contributed by atoms with E-state index in [0.29, 0.717) is 23.1 Å². The maximum atomic E-state index is 11.4. The van der Waals surface area contributed by atoms with Gasteiger partial charge in [-0.15, -0.1) is 0 Å². The van der Waals surface area contributed by atoms with Gasteiger partial charge in [-0.25, -0.2) is 0 Å². The van der Waals surface area contributed by atoms with Gasteiger partial charge in [0.25, 0.3) is 0 Å². The summed E-state index contributed by atoms with van der Waals surface area (Å²) < 4.78 is 5.67. The van der Waals surface area contributed by atoms with Crippen molar-refractivity contribution in [1.82, 2.24) is 0 Å². The Morgan fingerprint density at radius 1 is 1.14 bits per heavy atom. The molecule has 0 saturated carbocycles. The van der Waals surface area contributed by atoms with Crippen molar-refractivity contribution in [3.63, 3.8) is 0 Å². The minimum absolute atomic E-state index is 0.447. The van der Waals surface area contributed by atoms with Crippen LogP contribution in [0.4, 0.5) is 0 Å². The van der Waals surface area contributed by atoms with Crippen LogP contribution in [0.2, 0.25) is 5.02 Å². The van der Waals surface area contributed by atoms with Crippen molar-refractivity contribution in [1.29, 1.82) is 0 Å². The smallest absolute Gasteiger partial charge is 0.150 e. The molecule has 21 heavy (non-hydrogen) atoms. The standard InChI is InChI=1S/C18H19ClO2/c1-12(2)11-21-16-5-7-18(14(9-16)10-20)17-6-4-15(19)8-13(17)3/h4-10,12H,11H2,1-3H3. The van der Waals surface area contributed by atoms with Crippen LogP contribution in [0.15, 0.2) is 36.4 Å². The summed E-state index contributed by atoms with van der Waals surface area (Å²) >= 11 is 5.98. The van der Waals surface area contributed by atoms with Crippen LogP contribution in [-0.4, -0.2) is 12.9 Å². The van der Waals surface area contributed by atoms with Crippen molar-refractivity contribution in [2.24, 2.45) is 5.92 Å². The van der Waals surface area contributed by atoms with Crippen LogP contribution in [0, 0.1) is 12.8 Å². The molecule has 2 rings (SSSR count). The average Bonchev–Trinajstić information content (AvgIpc) is 2.45. The molecule has 0 aromatic heterocycles. The Labute approximate surface area is 130 Å². The van der Waals surface area contributed by atoms with Crippen LogP contribution in [0.5, 0.6) is 5.75 Å². The van der Waals surface area contributed by atoms with E-state index in [1.54, 1.807) is 6.07 Å². The molecule has 0 unspecified atom stereocenters. The van der Waals surface area contributed by atoms with E-state index < -0.39 is 0 Å².